The zero-order valence-electron chi connectivity index (χ0n) is 16.0. The van der Waals surface area contributed by atoms with Crippen LogP contribution >= 0.6 is 0 Å². The number of carbonyl (C=O) groups is 1. The fraction of sp³-hybridized carbons (Fsp3) is 0.182. The number of nitrogens with zero attached hydrogens (tertiary/aromatic N) is 1. The van der Waals surface area contributed by atoms with Crippen LogP contribution in [0.5, 0.6) is 11.5 Å². The van der Waals surface area contributed by atoms with Crippen molar-refractivity contribution >= 4 is 17.0 Å². The van der Waals surface area contributed by atoms with Crippen LogP contribution < -0.4 is 14.8 Å². The van der Waals surface area contributed by atoms with Crippen molar-refractivity contribution in [3.63, 3.8) is 0 Å². The predicted molar refractivity (Wildman–Crippen MR) is 106 cm³/mol. The molecule has 0 aliphatic heterocycles. The lowest BCUT2D eigenvalue weighted by Gasteiger charge is -2.08. The van der Waals surface area contributed by atoms with Crippen LogP contribution in [0.25, 0.3) is 11.1 Å². The molecule has 29 heavy (non-hydrogen) atoms. The number of fused-ring (bicyclic) bond motifs is 1. The van der Waals surface area contributed by atoms with Crippen molar-refractivity contribution in [1.82, 2.24) is 10.3 Å². The SMILES string of the molecule is COc1ccc(OCc2ccc(C(=O)NC(C)c3nc4ccccc4o3)o2)cc1. The molecule has 0 aliphatic rings. The summed E-state index contributed by atoms with van der Waals surface area (Å²) >= 11 is 0. The number of benzene rings is 2. The molecule has 0 spiro atoms. The molecule has 2 aromatic heterocycles. The normalized spacial score (nSPS) is 11.9. The van der Waals surface area contributed by atoms with Crippen LogP contribution in [0.4, 0.5) is 0 Å². The molecule has 0 radical (unpaired) electrons. The molecule has 0 aliphatic carbocycles. The number of methoxy groups -OCH3 is 1. The van der Waals surface area contributed by atoms with Crippen LogP contribution in [0.2, 0.25) is 0 Å². The van der Waals surface area contributed by atoms with E-state index in [1.54, 1.807) is 38.3 Å². The molecule has 0 saturated carbocycles. The van der Waals surface area contributed by atoms with E-state index in [4.69, 9.17) is 18.3 Å². The van der Waals surface area contributed by atoms with Crippen molar-refractivity contribution in [1.29, 1.82) is 0 Å². The van der Waals surface area contributed by atoms with Crippen molar-refractivity contribution in [2.75, 3.05) is 7.11 Å². The maximum Gasteiger partial charge on any atom is 0.287 e. The van der Waals surface area contributed by atoms with Gasteiger partial charge in [0.1, 0.15) is 35.4 Å². The number of hydrogen-bond donors (Lipinski definition) is 1. The summed E-state index contributed by atoms with van der Waals surface area (Å²) in [6, 6.07) is 17.6. The minimum Gasteiger partial charge on any atom is -0.497 e. The van der Waals surface area contributed by atoms with Gasteiger partial charge < -0.3 is 23.6 Å². The third kappa shape index (κ3) is 4.24. The highest BCUT2D eigenvalue weighted by molar-refractivity contribution is 5.91. The number of carbonyl (C=O) groups excluding carboxylic acids is 1. The van der Waals surface area contributed by atoms with Gasteiger partial charge in [-0.2, -0.15) is 0 Å². The fourth-order valence-electron chi connectivity index (χ4n) is 2.81. The summed E-state index contributed by atoms with van der Waals surface area (Å²) in [5.74, 6) is 2.26. The number of amides is 1. The minimum absolute atomic E-state index is 0.196. The Kier molecular flexibility index (Phi) is 5.20. The Balaban J connectivity index is 1.36. The van der Waals surface area contributed by atoms with Crippen LogP contribution in [0, 0.1) is 0 Å². The third-order valence-electron chi connectivity index (χ3n) is 4.35. The first-order valence-corrected chi connectivity index (χ1v) is 9.14. The van der Waals surface area contributed by atoms with Gasteiger partial charge in [-0.05, 0) is 55.5 Å². The second kappa shape index (κ2) is 8.10. The number of nitrogens with one attached hydrogen (secondary N) is 1. The molecular formula is C22H20N2O5. The first kappa shape index (κ1) is 18.6. The molecule has 1 N–H and O–H groups in total. The molecule has 7 heteroatoms. The summed E-state index contributed by atoms with van der Waals surface area (Å²) in [6.07, 6.45) is 0. The van der Waals surface area contributed by atoms with E-state index >= 15 is 0 Å². The van der Waals surface area contributed by atoms with Crippen molar-refractivity contribution in [2.45, 2.75) is 19.6 Å². The van der Waals surface area contributed by atoms with Gasteiger partial charge in [-0.1, -0.05) is 12.1 Å². The number of para-hydroxylation sites is 2. The molecule has 7 nitrogen and oxygen atoms in total. The summed E-state index contributed by atoms with van der Waals surface area (Å²) in [7, 11) is 1.61. The van der Waals surface area contributed by atoms with Gasteiger partial charge in [-0.25, -0.2) is 4.98 Å². The highest BCUT2D eigenvalue weighted by atomic mass is 16.5. The summed E-state index contributed by atoms with van der Waals surface area (Å²) in [5, 5.41) is 2.83. The molecule has 1 unspecified atom stereocenters. The van der Waals surface area contributed by atoms with Gasteiger partial charge in [0.25, 0.3) is 5.91 Å². The second-order valence-corrected chi connectivity index (χ2v) is 6.45. The first-order valence-electron chi connectivity index (χ1n) is 9.14. The van der Waals surface area contributed by atoms with Crippen LogP contribution in [0.3, 0.4) is 0 Å². The number of hydrogen-bond acceptors (Lipinski definition) is 6. The topological polar surface area (TPSA) is 86.7 Å². The molecule has 1 atom stereocenters. The maximum absolute atomic E-state index is 12.5. The number of oxazole rings is 1. The number of rotatable bonds is 7. The predicted octanol–water partition coefficient (Wildman–Crippen LogP) is 4.50. The standard InChI is InChI=1S/C22H20N2O5/c1-14(22-24-18-5-3-4-6-19(18)29-22)23-21(25)20-12-11-17(28-20)13-27-16-9-7-15(26-2)8-10-16/h3-12,14H,13H2,1-2H3,(H,23,25). The molecule has 4 aromatic rings. The monoisotopic (exact) mass is 392 g/mol. The average molecular weight is 392 g/mol. The Bertz CT molecular complexity index is 1080. The van der Waals surface area contributed by atoms with Crippen LogP contribution in [0.1, 0.15) is 35.2 Å². The van der Waals surface area contributed by atoms with Gasteiger partial charge in [0.15, 0.2) is 11.3 Å². The first-order chi connectivity index (χ1) is 14.1. The van der Waals surface area contributed by atoms with E-state index in [1.165, 1.54) is 0 Å². The Labute approximate surface area is 167 Å². The van der Waals surface area contributed by atoms with Crippen LogP contribution in [-0.4, -0.2) is 18.0 Å². The number of ether oxygens (including phenoxy) is 2. The Hall–Kier alpha value is -3.74. The van der Waals surface area contributed by atoms with E-state index in [9.17, 15) is 4.79 Å². The molecular weight excluding hydrogens is 372 g/mol. The summed E-state index contributed by atoms with van der Waals surface area (Å²) < 4.78 is 22.1. The van der Waals surface area contributed by atoms with E-state index in [0.717, 1.165) is 11.3 Å². The largest absolute Gasteiger partial charge is 0.497 e. The Morgan fingerprint density at radius 3 is 2.55 bits per heavy atom. The van der Waals surface area contributed by atoms with Gasteiger partial charge in [-0.15, -0.1) is 0 Å². The third-order valence-corrected chi connectivity index (χ3v) is 4.35. The van der Waals surface area contributed by atoms with Gasteiger partial charge in [0.2, 0.25) is 5.89 Å². The molecule has 0 bridgehead atoms. The molecule has 2 aromatic carbocycles. The van der Waals surface area contributed by atoms with Gasteiger partial charge in [0.05, 0.1) is 7.11 Å². The van der Waals surface area contributed by atoms with E-state index in [-0.39, 0.29) is 18.3 Å². The zero-order chi connectivity index (χ0) is 20.2. The highest BCUT2D eigenvalue weighted by Crippen LogP contribution is 2.21. The minimum atomic E-state index is -0.404. The number of aromatic nitrogens is 1. The summed E-state index contributed by atoms with van der Waals surface area (Å²) in [5.41, 5.74) is 1.43. The van der Waals surface area contributed by atoms with Gasteiger partial charge in [0, 0.05) is 0 Å². The second-order valence-electron chi connectivity index (χ2n) is 6.45. The molecule has 0 fully saturated rings. The maximum atomic E-state index is 12.5. The smallest absolute Gasteiger partial charge is 0.287 e. The lowest BCUT2D eigenvalue weighted by molar-refractivity contribution is 0.0902. The Morgan fingerprint density at radius 2 is 1.79 bits per heavy atom. The zero-order valence-corrected chi connectivity index (χ0v) is 16.0. The van der Waals surface area contributed by atoms with Crippen molar-refractivity contribution < 1.29 is 23.1 Å². The van der Waals surface area contributed by atoms with E-state index in [2.05, 4.69) is 10.3 Å². The molecule has 2 heterocycles. The van der Waals surface area contributed by atoms with E-state index in [0.29, 0.717) is 23.0 Å². The summed E-state index contributed by atoms with van der Waals surface area (Å²) in [4.78, 5) is 16.9. The molecule has 4 rings (SSSR count). The van der Waals surface area contributed by atoms with Crippen molar-refractivity contribution in [3.05, 3.63) is 78.1 Å². The fourth-order valence-corrected chi connectivity index (χ4v) is 2.81. The lowest BCUT2D eigenvalue weighted by atomic mass is 10.3. The quantitative estimate of drug-likeness (QED) is 0.498. The highest BCUT2D eigenvalue weighted by Gasteiger charge is 2.19. The van der Waals surface area contributed by atoms with Crippen LogP contribution in [0.15, 0.2) is 69.5 Å². The van der Waals surface area contributed by atoms with Crippen LogP contribution in [-0.2, 0) is 6.61 Å². The Morgan fingerprint density at radius 1 is 1.03 bits per heavy atom. The molecule has 1 amide bonds. The average Bonchev–Trinajstić information content (AvgIpc) is 3.39. The lowest BCUT2D eigenvalue weighted by Crippen LogP contribution is -2.26. The van der Waals surface area contributed by atoms with Gasteiger partial charge in [-0.3, -0.25) is 4.79 Å². The van der Waals surface area contributed by atoms with E-state index < -0.39 is 6.04 Å². The van der Waals surface area contributed by atoms with E-state index in [1.807, 2.05) is 36.4 Å². The van der Waals surface area contributed by atoms with Crippen molar-refractivity contribution in [3.8, 4) is 11.5 Å². The molecule has 0 saturated heterocycles. The molecule has 148 valence electrons. The van der Waals surface area contributed by atoms with Gasteiger partial charge >= 0.3 is 0 Å². The van der Waals surface area contributed by atoms with Crippen molar-refractivity contribution in [2.24, 2.45) is 0 Å². The summed E-state index contributed by atoms with van der Waals surface area (Å²) in [6.45, 7) is 2.01. The number of furan rings is 1.